The van der Waals surface area contributed by atoms with Crippen LogP contribution in [0.2, 0.25) is 5.02 Å². The highest BCUT2D eigenvalue weighted by atomic mass is 35.5. The van der Waals surface area contributed by atoms with Gasteiger partial charge in [-0.2, -0.15) is 0 Å². The van der Waals surface area contributed by atoms with Crippen LogP contribution < -0.4 is 0 Å². The summed E-state index contributed by atoms with van der Waals surface area (Å²) in [5.41, 5.74) is 3.53. The van der Waals surface area contributed by atoms with Crippen LogP contribution in [0.1, 0.15) is 35.7 Å². The van der Waals surface area contributed by atoms with Crippen molar-refractivity contribution in [2.75, 3.05) is 0 Å². The van der Waals surface area contributed by atoms with Gasteiger partial charge in [-0.15, -0.1) is 0 Å². The number of nitrogens with zero attached hydrogens (tertiary/aromatic N) is 1. The average Bonchev–Trinajstić information content (AvgIpc) is 2.53. The topological polar surface area (TPSA) is 50.2 Å². The van der Waals surface area contributed by atoms with Gasteiger partial charge in [0.1, 0.15) is 0 Å². The molecule has 0 spiro atoms. The Morgan fingerprint density at radius 1 is 1.13 bits per heavy atom. The van der Waals surface area contributed by atoms with E-state index in [9.17, 15) is 9.90 Å². The second-order valence-electron chi connectivity index (χ2n) is 5.77. The fourth-order valence-corrected chi connectivity index (χ4v) is 2.81. The van der Waals surface area contributed by atoms with E-state index in [1.54, 1.807) is 18.2 Å². The number of pyridine rings is 1. The summed E-state index contributed by atoms with van der Waals surface area (Å²) >= 11 is 5.93. The van der Waals surface area contributed by atoms with Crippen LogP contribution in [0.25, 0.3) is 22.2 Å². The fourth-order valence-electron chi connectivity index (χ4n) is 2.68. The van der Waals surface area contributed by atoms with Crippen molar-refractivity contribution in [3.8, 4) is 11.3 Å². The van der Waals surface area contributed by atoms with Crippen molar-refractivity contribution in [3.63, 3.8) is 0 Å². The first-order chi connectivity index (χ1) is 11.0. The fraction of sp³-hybridized carbons (Fsp3) is 0.158. The van der Waals surface area contributed by atoms with E-state index >= 15 is 0 Å². The number of para-hydroxylation sites is 1. The summed E-state index contributed by atoms with van der Waals surface area (Å²) in [6.07, 6.45) is 0. The first-order valence-electron chi connectivity index (χ1n) is 7.40. The molecule has 2 aromatic carbocycles. The smallest absolute Gasteiger partial charge is 0.336 e. The zero-order valence-corrected chi connectivity index (χ0v) is 13.6. The molecule has 0 saturated carbocycles. The van der Waals surface area contributed by atoms with E-state index in [4.69, 9.17) is 16.6 Å². The third-order valence-electron chi connectivity index (χ3n) is 3.86. The van der Waals surface area contributed by atoms with Crippen LogP contribution in [0, 0.1) is 0 Å². The van der Waals surface area contributed by atoms with Gasteiger partial charge >= 0.3 is 5.97 Å². The second kappa shape index (κ2) is 6.01. The molecule has 1 aromatic heterocycles. The quantitative estimate of drug-likeness (QED) is 0.703. The Labute approximate surface area is 139 Å². The molecule has 4 heteroatoms. The molecule has 116 valence electrons. The van der Waals surface area contributed by atoms with E-state index < -0.39 is 5.97 Å². The highest BCUT2D eigenvalue weighted by Crippen LogP contribution is 2.30. The van der Waals surface area contributed by atoms with Crippen molar-refractivity contribution in [1.82, 2.24) is 4.98 Å². The van der Waals surface area contributed by atoms with Gasteiger partial charge in [0.2, 0.25) is 0 Å². The van der Waals surface area contributed by atoms with Gasteiger partial charge in [-0.3, -0.25) is 0 Å². The molecule has 0 amide bonds. The molecule has 3 nitrogen and oxygen atoms in total. The highest BCUT2D eigenvalue weighted by molar-refractivity contribution is 6.30. The number of benzene rings is 2. The van der Waals surface area contributed by atoms with Crippen LogP contribution in [0.5, 0.6) is 0 Å². The van der Waals surface area contributed by atoms with Gasteiger partial charge in [-0.1, -0.05) is 55.8 Å². The molecule has 1 N–H and O–H groups in total. The number of hydrogen-bond donors (Lipinski definition) is 1. The van der Waals surface area contributed by atoms with Crippen molar-refractivity contribution >= 4 is 28.5 Å². The largest absolute Gasteiger partial charge is 0.478 e. The molecule has 0 atom stereocenters. The average molecular weight is 326 g/mol. The SMILES string of the molecule is CC(C)c1cccc2c(C(=O)O)cc(-c3ccc(Cl)cc3)nc12. The third-order valence-corrected chi connectivity index (χ3v) is 4.12. The molecule has 0 radical (unpaired) electrons. The van der Waals surface area contributed by atoms with Crippen molar-refractivity contribution in [3.05, 3.63) is 64.7 Å². The monoisotopic (exact) mass is 325 g/mol. The summed E-state index contributed by atoms with van der Waals surface area (Å²) < 4.78 is 0. The number of fused-ring (bicyclic) bond motifs is 1. The summed E-state index contributed by atoms with van der Waals surface area (Å²) in [5, 5.41) is 10.9. The summed E-state index contributed by atoms with van der Waals surface area (Å²) in [4.78, 5) is 16.4. The molecule has 0 aliphatic carbocycles. The van der Waals surface area contributed by atoms with Gasteiger partial charge < -0.3 is 5.11 Å². The van der Waals surface area contributed by atoms with Crippen molar-refractivity contribution in [2.24, 2.45) is 0 Å². The number of halogens is 1. The van der Waals surface area contributed by atoms with Crippen LogP contribution in [0.15, 0.2) is 48.5 Å². The third kappa shape index (κ3) is 2.92. The highest BCUT2D eigenvalue weighted by Gasteiger charge is 2.16. The summed E-state index contributed by atoms with van der Waals surface area (Å²) in [6.45, 7) is 4.15. The predicted molar refractivity (Wildman–Crippen MR) is 93.2 cm³/mol. The second-order valence-corrected chi connectivity index (χ2v) is 6.20. The van der Waals surface area contributed by atoms with E-state index in [1.165, 1.54) is 0 Å². The van der Waals surface area contributed by atoms with Crippen LogP contribution in [-0.4, -0.2) is 16.1 Å². The van der Waals surface area contributed by atoms with E-state index in [0.29, 0.717) is 16.1 Å². The first kappa shape index (κ1) is 15.5. The summed E-state index contributed by atoms with van der Waals surface area (Å²) in [5.74, 6) is -0.693. The zero-order valence-electron chi connectivity index (χ0n) is 12.9. The minimum atomic E-state index is -0.950. The molecule has 0 aliphatic heterocycles. The minimum Gasteiger partial charge on any atom is -0.478 e. The Morgan fingerprint density at radius 2 is 1.83 bits per heavy atom. The van der Waals surface area contributed by atoms with Crippen LogP contribution in [0.3, 0.4) is 0 Å². The number of carboxylic acid groups (broad SMARTS) is 1. The number of aromatic carboxylic acids is 1. The predicted octanol–water partition coefficient (Wildman–Crippen LogP) is 5.38. The Hall–Kier alpha value is -2.39. The molecule has 0 fully saturated rings. The summed E-state index contributed by atoms with van der Waals surface area (Å²) in [6, 6.07) is 14.6. The van der Waals surface area contributed by atoms with Crippen molar-refractivity contribution in [1.29, 1.82) is 0 Å². The molecular formula is C19H16ClNO2. The van der Waals surface area contributed by atoms with Crippen molar-refractivity contribution in [2.45, 2.75) is 19.8 Å². The standard InChI is InChI=1S/C19H16ClNO2/c1-11(2)14-4-3-5-15-16(19(22)23)10-17(21-18(14)15)12-6-8-13(20)9-7-12/h3-11H,1-2H3,(H,22,23). The van der Waals surface area contributed by atoms with E-state index in [1.807, 2.05) is 30.3 Å². The lowest BCUT2D eigenvalue weighted by Gasteiger charge is -2.13. The molecule has 3 rings (SSSR count). The Balaban J connectivity index is 2.34. The van der Waals surface area contributed by atoms with Gasteiger partial charge in [0.15, 0.2) is 0 Å². The number of carboxylic acids is 1. The molecule has 23 heavy (non-hydrogen) atoms. The molecule has 1 heterocycles. The molecule has 0 saturated heterocycles. The summed E-state index contributed by atoms with van der Waals surface area (Å²) in [7, 11) is 0. The molecule has 3 aromatic rings. The zero-order chi connectivity index (χ0) is 16.6. The lowest BCUT2D eigenvalue weighted by molar-refractivity contribution is 0.0699. The minimum absolute atomic E-state index is 0.258. The lowest BCUT2D eigenvalue weighted by Crippen LogP contribution is -2.02. The maximum Gasteiger partial charge on any atom is 0.336 e. The molecule has 0 aliphatic rings. The maximum atomic E-state index is 11.7. The van der Waals surface area contributed by atoms with Gasteiger partial charge in [0.25, 0.3) is 0 Å². The van der Waals surface area contributed by atoms with E-state index in [0.717, 1.165) is 16.6 Å². The maximum absolute atomic E-state index is 11.7. The van der Waals surface area contributed by atoms with Gasteiger partial charge in [0, 0.05) is 16.0 Å². The normalized spacial score (nSPS) is 11.1. The van der Waals surface area contributed by atoms with Gasteiger partial charge in [-0.25, -0.2) is 9.78 Å². The van der Waals surface area contributed by atoms with Crippen LogP contribution in [-0.2, 0) is 0 Å². The van der Waals surface area contributed by atoms with Gasteiger partial charge in [-0.05, 0) is 29.7 Å². The van der Waals surface area contributed by atoms with Crippen LogP contribution >= 0.6 is 11.6 Å². The Kier molecular flexibility index (Phi) is 4.05. The van der Waals surface area contributed by atoms with Gasteiger partial charge in [0.05, 0.1) is 16.8 Å². The molecule has 0 unspecified atom stereocenters. The number of aromatic nitrogens is 1. The number of hydrogen-bond acceptors (Lipinski definition) is 2. The lowest BCUT2D eigenvalue weighted by atomic mass is 9.96. The van der Waals surface area contributed by atoms with Crippen molar-refractivity contribution < 1.29 is 9.90 Å². The Morgan fingerprint density at radius 3 is 2.43 bits per heavy atom. The van der Waals surface area contributed by atoms with E-state index in [-0.39, 0.29) is 11.5 Å². The first-order valence-corrected chi connectivity index (χ1v) is 7.78. The Bertz CT molecular complexity index is 886. The molecular weight excluding hydrogens is 310 g/mol. The van der Waals surface area contributed by atoms with E-state index in [2.05, 4.69) is 13.8 Å². The number of rotatable bonds is 3. The number of carbonyl (C=O) groups is 1. The van der Waals surface area contributed by atoms with Crippen LogP contribution in [0.4, 0.5) is 0 Å². The molecule has 0 bridgehead atoms.